The van der Waals surface area contributed by atoms with Crippen molar-refractivity contribution in [3.8, 4) is 0 Å². The van der Waals surface area contributed by atoms with Gasteiger partial charge in [-0.15, -0.1) is 0 Å². The number of hydrogen-bond acceptors (Lipinski definition) is 5. The zero-order valence-electron chi connectivity index (χ0n) is 16.2. The minimum Gasteiger partial charge on any atom is -0.467 e. The number of aromatic amines is 1. The molecule has 146 valence electrons. The first-order chi connectivity index (χ1) is 13.4. The van der Waals surface area contributed by atoms with Crippen molar-refractivity contribution in [2.24, 2.45) is 0 Å². The van der Waals surface area contributed by atoms with Gasteiger partial charge in [0.05, 0.1) is 7.11 Å². The van der Waals surface area contributed by atoms with Gasteiger partial charge in [-0.3, -0.25) is 4.79 Å². The highest BCUT2D eigenvalue weighted by molar-refractivity contribution is 5.86. The molecule has 3 rings (SSSR count). The summed E-state index contributed by atoms with van der Waals surface area (Å²) in [6, 6.07) is 12.2. The third kappa shape index (κ3) is 3.92. The SMILES string of the molecule is COC(=O)C(Nc1ccc2cc[nH]c(=O)c2c1)c1ccc(C(C)CO)c(C)c1. The maximum Gasteiger partial charge on any atom is 0.332 e. The number of rotatable bonds is 6. The molecule has 1 aromatic heterocycles. The number of carbonyl (C=O) groups is 1. The summed E-state index contributed by atoms with van der Waals surface area (Å²) in [6.07, 6.45) is 1.60. The van der Waals surface area contributed by atoms with E-state index < -0.39 is 12.0 Å². The molecule has 3 aromatic rings. The number of esters is 1. The van der Waals surface area contributed by atoms with Crippen LogP contribution in [-0.4, -0.2) is 29.8 Å². The fourth-order valence-electron chi connectivity index (χ4n) is 3.37. The molecule has 0 aliphatic heterocycles. The summed E-state index contributed by atoms with van der Waals surface area (Å²) in [5.41, 5.74) is 3.23. The van der Waals surface area contributed by atoms with Gasteiger partial charge in [-0.2, -0.15) is 0 Å². The molecule has 3 N–H and O–H groups in total. The lowest BCUT2D eigenvalue weighted by molar-refractivity contribution is -0.141. The van der Waals surface area contributed by atoms with Gasteiger partial charge in [0.25, 0.3) is 5.56 Å². The first kappa shape index (κ1) is 19.6. The average molecular weight is 380 g/mol. The number of hydrogen-bond donors (Lipinski definition) is 3. The van der Waals surface area contributed by atoms with Crippen LogP contribution in [-0.2, 0) is 9.53 Å². The zero-order valence-corrected chi connectivity index (χ0v) is 16.2. The van der Waals surface area contributed by atoms with E-state index in [0.717, 1.165) is 22.1 Å². The highest BCUT2D eigenvalue weighted by Crippen LogP contribution is 2.27. The Kier molecular flexibility index (Phi) is 5.80. The van der Waals surface area contributed by atoms with Crippen molar-refractivity contribution in [3.05, 3.63) is 75.7 Å². The van der Waals surface area contributed by atoms with Crippen LogP contribution in [0.1, 0.15) is 35.6 Å². The Morgan fingerprint density at radius 2 is 2.00 bits per heavy atom. The molecular formula is C22H24N2O4. The van der Waals surface area contributed by atoms with E-state index in [1.165, 1.54) is 7.11 Å². The van der Waals surface area contributed by atoms with Crippen LogP contribution >= 0.6 is 0 Å². The molecule has 6 nitrogen and oxygen atoms in total. The molecule has 6 heteroatoms. The number of aromatic nitrogens is 1. The van der Waals surface area contributed by atoms with Crippen LogP contribution in [0, 0.1) is 6.92 Å². The van der Waals surface area contributed by atoms with Gasteiger partial charge in [-0.05, 0) is 47.2 Å². The van der Waals surface area contributed by atoms with E-state index in [4.69, 9.17) is 4.74 Å². The van der Waals surface area contributed by atoms with Crippen molar-refractivity contribution in [2.45, 2.75) is 25.8 Å². The van der Waals surface area contributed by atoms with Crippen molar-refractivity contribution in [2.75, 3.05) is 19.0 Å². The molecule has 2 aromatic carbocycles. The van der Waals surface area contributed by atoms with Gasteiger partial charge >= 0.3 is 5.97 Å². The lowest BCUT2D eigenvalue weighted by Gasteiger charge is -2.20. The van der Waals surface area contributed by atoms with E-state index in [2.05, 4.69) is 10.3 Å². The molecule has 0 bridgehead atoms. The second-order valence-corrected chi connectivity index (χ2v) is 6.91. The molecule has 0 fully saturated rings. The van der Waals surface area contributed by atoms with Crippen LogP contribution in [0.2, 0.25) is 0 Å². The number of aliphatic hydroxyl groups is 1. The molecule has 0 radical (unpaired) electrons. The summed E-state index contributed by atoms with van der Waals surface area (Å²) in [7, 11) is 1.34. The molecule has 0 amide bonds. The van der Waals surface area contributed by atoms with E-state index in [1.54, 1.807) is 12.3 Å². The molecule has 0 spiro atoms. The van der Waals surface area contributed by atoms with Crippen LogP contribution in [0.25, 0.3) is 10.8 Å². The standard InChI is InChI=1S/C22H24N2O4/c1-13-10-16(5-7-18(13)14(2)12-25)20(22(27)28-3)24-17-6-4-15-8-9-23-21(26)19(15)11-17/h4-11,14,20,24-25H,12H2,1-3H3,(H,23,26). The summed E-state index contributed by atoms with van der Waals surface area (Å²) in [5, 5.41) is 13.9. The number of aliphatic hydroxyl groups excluding tert-OH is 1. The molecule has 2 unspecified atom stereocenters. The lowest BCUT2D eigenvalue weighted by atomic mass is 9.93. The Hall–Kier alpha value is -3.12. The monoisotopic (exact) mass is 380 g/mol. The van der Waals surface area contributed by atoms with Gasteiger partial charge in [0.2, 0.25) is 0 Å². The van der Waals surface area contributed by atoms with E-state index in [1.807, 2.05) is 50.2 Å². The number of anilines is 1. The van der Waals surface area contributed by atoms with Crippen molar-refractivity contribution >= 4 is 22.4 Å². The lowest BCUT2D eigenvalue weighted by Crippen LogP contribution is -2.22. The van der Waals surface area contributed by atoms with Gasteiger partial charge in [0.15, 0.2) is 6.04 Å². The van der Waals surface area contributed by atoms with Gasteiger partial charge in [-0.25, -0.2) is 4.79 Å². The first-order valence-electron chi connectivity index (χ1n) is 9.11. The number of pyridine rings is 1. The summed E-state index contributed by atoms with van der Waals surface area (Å²) >= 11 is 0. The number of methoxy groups -OCH3 is 1. The Morgan fingerprint density at radius 3 is 2.68 bits per heavy atom. The van der Waals surface area contributed by atoms with Crippen LogP contribution in [0.3, 0.4) is 0 Å². The zero-order chi connectivity index (χ0) is 20.3. The van der Waals surface area contributed by atoms with Crippen LogP contribution in [0.4, 0.5) is 5.69 Å². The van der Waals surface area contributed by atoms with E-state index in [9.17, 15) is 14.7 Å². The third-order valence-corrected chi connectivity index (χ3v) is 4.96. The molecular weight excluding hydrogens is 356 g/mol. The minimum atomic E-state index is -0.720. The summed E-state index contributed by atoms with van der Waals surface area (Å²) in [4.78, 5) is 27.2. The molecule has 0 aliphatic carbocycles. The highest BCUT2D eigenvalue weighted by atomic mass is 16.5. The third-order valence-electron chi connectivity index (χ3n) is 4.96. The van der Waals surface area contributed by atoms with Crippen LogP contribution in [0.5, 0.6) is 0 Å². The number of benzene rings is 2. The predicted octanol–water partition coefficient (Wildman–Crippen LogP) is 3.26. The highest BCUT2D eigenvalue weighted by Gasteiger charge is 2.22. The maximum atomic E-state index is 12.4. The number of ether oxygens (including phenoxy) is 1. The number of H-pyrrole nitrogens is 1. The maximum absolute atomic E-state index is 12.4. The fourth-order valence-corrected chi connectivity index (χ4v) is 3.37. The van der Waals surface area contributed by atoms with Gasteiger partial charge in [-0.1, -0.05) is 31.2 Å². The van der Waals surface area contributed by atoms with Crippen molar-refractivity contribution in [1.82, 2.24) is 4.98 Å². The number of carbonyl (C=O) groups excluding carboxylic acids is 1. The molecule has 0 aliphatic rings. The van der Waals surface area contributed by atoms with Gasteiger partial charge in [0.1, 0.15) is 0 Å². The smallest absolute Gasteiger partial charge is 0.332 e. The molecule has 2 atom stereocenters. The Labute approximate surface area is 163 Å². The topological polar surface area (TPSA) is 91.4 Å². The Bertz CT molecular complexity index is 1060. The second kappa shape index (κ2) is 8.27. The number of nitrogens with one attached hydrogen (secondary N) is 2. The summed E-state index contributed by atoms with van der Waals surface area (Å²) < 4.78 is 4.98. The Morgan fingerprint density at radius 1 is 1.21 bits per heavy atom. The number of fused-ring (bicyclic) bond motifs is 1. The van der Waals surface area contributed by atoms with Crippen LogP contribution < -0.4 is 10.9 Å². The molecule has 1 heterocycles. The van der Waals surface area contributed by atoms with Gasteiger partial charge in [0, 0.05) is 29.8 Å². The molecule has 0 saturated carbocycles. The first-order valence-corrected chi connectivity index (χ1v) is 9.11. The van der Waals surface area contributed by atoms with Crippen molar-refractivity contribution in [3.63, 3.8) is 0 Å². The fraction of sp³-hybridized carbons (Fsp3) is 0.273. The largest absolute Gasteiger partial charge is 0.467 e. The number of aryl methyl sites for hydroxylation is 1. The Balaban J connectivity index is 1.98. The second-order valence-electron chi connectivity index (χ2n) is 6.91. The van der Waals surface area contributed by atoms with Gasteiger partial charge < -0.3 is 20.1 Å². The van der Waals surface area contributed by atoms with E-state index >= 15 is 0 Å². The van der Waals surface area contributed by atoms with Crippen molar-refractivity contribution in [1.29, 1.82) is 0 Å². The van der Waals surface area contributed by atoms with E-state index in [0.29, 0.717) is 11.1 Å². The summed E-state index contributed by atoms with van der Waals surface area (Å²) in [6.45, 7) is 3.96. The normalized spacial score (nSPS) is 13.1. The predicted molar refractivity (Wildman–Crippen MR) is 110 cm³/mol. The summed E-state index contributed by atoms with van der Waals surface area (Å²) in [5.74, 6) is -0.407. The quantitative estimate of drug-likeness (QED) is 0.571. The minimum absolute atomic E-state index is 0.0193. The van der Waals surface area contributed by atoms with Crippen LogP contribution in [0.15, 0.2) is 53.5 Å². The average Bonchev–Trinajstić information content (AvgIpc) is 2.71. The molecule has 28 heavy (non-hydrogen) atoms. The van der Waals surface area contributed by atoms with E-state index in [-0.39, 0.29) is 18.1 Å². The van der Waals surface area contributed by atoms with Crippen molar-refractivity contribution < 1.29 is 14.6 Å². The molecule has 0 saturated heterocycles.